The molecular weight excluding hydrogens is 248 g/mol. The zero-order valence-electron chi connectivity index (χ0n) is 7.61. The first-order chi connectivity index (χ1) is 6.78. The van der Waals surface area contributed by atoms with Crippen molar-refractivity contribution in [3.63, 3.8) is 0 Å². The van der Waals surface area contributed by atoms with E-state index < -0.39 is 0 Å². The maximum atomic E-state index is 5.11. The molecule has 0 aliphatic carbocycles. The van der Waals surface area contributed by atoms with Crippen molar-refractivity contribution in [3.05, 3.63) is 35.0 Å². The van der Waals surface area contributed by atoms with Crippen molar-refractivity contribution in [2.45, 2.75) is 6.54 Å². The van der Waals surface area contributed by atoms with Crippen LogP contribution >= 0.6 is 15.9 Å². The van der Waals surface area contributed by atoms with E-state index in [9.17, 15) is 0 Å². The first kappa shape index (κ1) is 9.33. The van der Waals surface area contributed by atoms with Crippen LogP contribution in [-0.2, 0) is 6.54 Å². The van der Waals surface area contributed by atoms with Gasteiger partial charge in [-0.2, -0.15) is 5.10 Å². The summed E-state index contributed by atoms with van der Waals surface area (Å²) in [5, 5.41) is 4.13. The average Bonchev–Trinajstić information content (AvgIpc) is 2.76. The molecule has 0 spiro atoms. The zero-order chi connectivity index (χ0) is 9.97. The zero-order valence-corrected chi connectivity index (χ0v) is 9.19. The molecule has 2 aromatic heterocycles. The summed E-state index contributed by atoms with van der Waals surface area (Å²) >= 11 is 3.24. The minimum atomic E-state index is 0.679. The Balaban J connectivity index is 2.10. The summed E-state index contributed by atoms with van der Waals surface area (Å²) in [7, 11) is 1.62. The molecule has 2 heterocycles. The third-order valence-electron chi connectivity index (χ3n) is 1.81. The Labute approximate surface area is 89.6 Å². The lowest BCUT2D eigenvalue weighted by Gasteiger charge is -1.95. The standard InChI is InChI=1S/C9H9BrN2O2/c1-13-8-3-11-12(5-8)4-7-2-9(10)14-6-7/h2-3,5-6H,4H2,1H3. The van der Waals surface area contributed by atoms with E-state index in [1.54, 1.807) is 24.3 Å². The van der Waals surface area contributed by atoms with Gasteiger partial charge in [0, 0.05) is 5.56 Å². The van der Waals surface area contributed by atoms with E-state index in [2.05, 4.69) is 21.0 Å². The van der Waals surface area contributed by atoms with Gasteiger partial charge in [0.15, 0.2) is 10.4 Å². The van der Waals surface area contributed by atoms with Crippen LogP contribution in [0.4, 0.5) is 0 Å². The number of halogens is 1. The van der Waals surface area contributed by atoms with Gasteiger partial charge in [-0.25, -0.2) is 0 Å². The van der Waals surface area contributed by atoms with Gasteiger partial charge in [-0.15, -0.1) is 0 Å². The lowest BCUT2D eigenvalue weighted by molar-refractivity contribution is 0.414. The molecule has 0 saturated heterocycles. The van der Waals surface area contributed by atoms with Crippen molar-refractivity contribution < 1.29 is 9.15 Å². The van der Waals surface area contributed by atoms with Crippen molar-refractivity contribution in [1.29, 1.82) is 0 Å². The van der Waals surface area contributed by atoms with Gasteiger partial charge in [-0.05, 0) is 22.0 Å². The van der Waals surface area contributed by atoms with Crippen molar-refractivity contribution >= 4 is 15.9 Å². The first-order valence-electron chi connectivity index (χ1n) is 4.07. The molecule has 0 bridgehead atoms. The van der Waals surface area contributed by atoms with Crippen LogP contribution in [0.1, 0.15) is 5.56 Å². The van der Waals surface area contributed by atoms with Gasteiger partial charge in [0.1, 0.15) is 0 Å². The van der Waals surface area contributed by atoms with Crippen LogP contribution in [-0.4, -0.2) is 16.9 Å². The van der Waals surface area contributed by atoms with Crippen LogP contribution in [0, 0.1) is 0 Å². The molecule has 0 fully saturated rings. The minimum absolute atomic E-state index is 0.679. The topological polar surface area (TPSA) is 40.2 Å². The fourth-order valence-electron chi connectivity index (χ4n) is 1.15. The van der Waals surface area contributed by atoms with Gasteiger partial charge in [0.25, 0.3) is 0 Å². The van der Waals surface area contributed by atoms with Crippen LogP contribution in [0.15, 0.2) is 33.8 Å². The summed E-state index contributed by atoms with van der Waals surface area (Å²) in [6.07, 6.45) is 5.20. The van der Waals surface area contributed by atoms with Crippen LogP contribution in [0.25, 0.3) is 0 Å². The molecule has 2 rings (SSSR count). The number of aromatic nitrogens is 2. The highest BCUT2D eigenvalue weighted by Crippen LogP contribution is 2.15. The molecule has 4 nitrogen and oxygen atoms in total. The van der Waals surface area contributed by atoms with E-state index in [0.29, 0.717) is 6.54 Å². The van der Waals surface area contributed by atoms with Crippen LogP contribution in [0.3, 0.4) is 0 Å². The van der Waals surface area contributed by atoms with Gasteiger partial charge in [0.05, 0.1) is 32.3 Å². The Kier molecular flexibility index (Phi) is 2.58. The second kappa shape index (κ2) is 3.88. The lowest BCUT2D eigenvalue weighted by atomic mass is 10.3. The number of furan rings is 1. The second-order valence-corrected chi connectivity index (χ2v) is 3.62. The molecule has 14 heavy (non-hydrogen) atoms. The van der Waals surface area contributed by atoms with E-state index in [-0.39, 0.29) is 0 Å². The number of ether oxygens (including phenoxy) is 1. The molecule has 0 saturated carbocycles. The third-order valence-corrected chi connectivity index (χ3v) is 2.23. The van der Waals surface area contributed by atoms with Crippen molar-refractivity contribution in [1.82, 2.24) is 9.78 Å². The summed E-state index contributed by atoms with van der Waals surface area (Å²) in [6, 6.07) is 1.91. The van der Waals surface area contributed by atoms with Crippen molar-refractivity contribution in [3.8, 4) is 5.75 Å². The Morgan fingerprint density at radius 3 is 3.07 bits per heavy atom. The molecule has 0 aliphatic rings. The van der Waals surface area contributed by atoms with Gasteiger partial charge in [-0.1, -0.05) is 0 Å². The Morgan fingerprint density at radius 1 is 1.64 bits per heavy atom. The molecule has 0 aromatic carbocycles. The van der Waals surface area contributed by atoms with Gasteiger partial charge in [0.2, 0.25) is 0 Å². The number of nitrogens with zero attached hydrogens (tertiary/aromatic N) is 2. The summed E-state index contributed by atoms with van der Waals surface area (Å²) in [5.74, 6) is 0.757. The highest BCUT2D eigenvalue weighted by Gasteiger charge is 2.02. The van der Waals surface area contributed by atoms with Gasteiger partial charge < -0.3 is 9.15 Å². The minimum Gasteiger partial charge on any atom is -0.493 e. The molecule has 0 radical (unpaired) electrons. The smallest absolute Gasteiger partial charge is 0.169 e. The molecule has 5 heteroatoms. The highest BCUT2D eigenvalue weighted by atomic mass is 79.9. The monoisotopic (exact) mass is 256 g/mol. The van der Waals surface area contributed by atoms with E-state index >= 15 is 0 Å². The van der Waals surface area contributed by atoms with E-state index in [1.807, 2.05) is 12.3 Å². The van der Waals surface area contributed by atoms with Gasteiger partial charge in [-0.3, -0.25) is 4.68 Å². The number of methoxy groups -OCH3 is 1. The molecule has 74 valence electrons. The summed E-state index contributed by atoms with van der Waals surface area (Å²) in [6.45, 7) is 0.679. The highest BCUT2D eigenvalue weighted by molar-refractivity contribution is 9.10. The molecule has 2 aromatic rings. The summed E-state index contributed by atoms with van der Waals surface area (Å²) < 4.78 is 12.7. The predicted octanol–water partition coefficient (Wildman–Crippen LogP) is 2.30. The molecule has 0 unspecified atom stereocenters. The normalized spacial score (nSPS) is 10.4. The summed E-state index contributed by atoms with van der Waals surface area (Å²) in [5.41, 5.74) is 1.06. The predicted molar refractivity (Wildman–Crippen MR) is 54.3 cm³/mol. The van der Waals surface area contributed by atoms with Crippen LogP contribution in [0.2, 0.25) is 0 Å². The van der Waals surface area contributed by atoms with E-state index in [4.69, 9.17) is 9.15 Å². The van der Waals surface area contributed by atoms with E-state index in [0.717, 1.165) is 16.0 Å². The number of hydrogen-bond acceptors (Lipinski definition) is 3. The van der Waals surface area contributed by atoms with Gasteiger partial charge >= 0.3 is 0 Å². The Hall–Kier alpha value is -1.23. The quantitative estimate of drug-likeness (QED) is 0.846. The first-order valence-corrected chi connectivity index (χ1v) is 4.86. The molecule has 0 N–H and O–H groups in total. The van der Waals surface area contributed by atoms with Crippen LogP contribution in [0.5, 0.6) is 5.75 Å². The maximum absolute atomic E-state index is 5.11. The maximum Gasteiger partial charge on any atom is 0.169 e. The SMILES string of the molecule is COc1cnn(Cc2coc(Br)c2)c1. The average molecular weight is 257 g/mol. The summed E-state index contributed by atoms with van der Waals surface area (Å²) in [4.78, 5) is 0. The number of rotatable bonds is 3. The molecule has 0 atom stereocenters. The second-order valence-electron chi connectivity index (χ2n) is 2.84. The fourth-order valence-corrected chi connectivity index (χ4v) is 1.54. The Morgan fingerprint density at radius 2 is 2.50 bits per heavy atom. The van der Waals surface area contributed by atoms with Crippen molar-refractivity contribution in [2.75, 3.05) is 7.11 Å². The number of hydrogen-bond donors (Lipinski definition) is 0. The lowest BCUT2D eigenvalue weighted by Crippen LogP contribution is -1.97. The van der Waals surface area contributed by atoms with Crippen molar-refractivity contribution in [2.24, 2.45) is 0 Å². The molecule has 0 aliphatic heterocycles. The largest absolute Gasteiger partial charge is 0.493 e. The van der Waals surface area contributed by atoms with E-state index in [1.165, 1.54) is 0 Å². The molecule has 0 amide bonds. The fraction of sp³-hybridized carbons (Fsp3) is 0.222. The third kappa shape index (κ3) is 1.98. The van der Waals surface area contributed by atoms with Crippen LogP contribution < -0.4 is 4.74 Å². The molecular formula is C9H9BrN2O2. The Bertz CT molecular complexity index is 422.